The number of hydrogen-bond donors (Lipinski definition) is 0. The number of allylic oxidation sites excluding steroid dienone is 1. The summed E-state index contributed by atoms with van der Waals surface area (Å²) in [5, 5.41) is 0. The Morgan fingerprint density at radius 3 is 1.87 bits per heavy atom. The van der Waals surface area contributed by atoms with Crippen molar-refractivity contribution in [2.24, 2.45) is 5.92 Å². The molecule has 0 saturated carbocycles. The molecule has 212 valence electrons. The van der Waals surface area contributed by atoms with Gasteiger partial charge in [0.1, 0.15) is 5.78 Å². The number of amides is 1. The molecule has 38 heavy (non-hydrogen) atoms. The summed E-state index contributed by atoms with van der Waals surface area (Å²) in [5.74, 6) is -0.246. The van der Waals surface area contributed by atoms with Crippen LogP contribution in [0.2, 0.25) is 0 Å². The first kappa shape index (κ1) is 33.3. The van der Waals surface area contributed by atoms with Crippen LogP contribution in [0.3, 0.4) is 0 Å². The molecule has 1 aromatic carbocycles. The first-order valence-corrected chi connectivity index (χ1v) is 13.4. The van der Waals surface area contributed by atoms with Crippen molar-refractivity contribution in [2.45, 2.75) is 59.8 Å². The summed E-state index contributed by atoms with van der Waals surface area (Å²) in [4.78, 5) is 49.1. The number of nitrogens with zero attached hydrogens (tertiary/aromatic N) is 1. The largest absolute Gasteiger partial charge is 0.380 e. The third kappa shape index (κ3) is 13.7. The zero-order valence-corrected chi connectivity index (χ0v) is 23.8. The highest BCUT2D eigenvalue weighted by atomic mass is 16.5. The summed E-state index contributed by atoms with van der Waals surface area (Å²) >= 11 is 0. The van der Waals surface area contributed by atoms with Gasteiger partial charge in [-0.25, -0.2) is 0 Å². The molecule has 0 heterocycles. The van der Waals surface area contributed by atoms with E-state index in [1.807, 2.05) is 6.92 Å². The van der Waals surface area contributed by atoms with E-state index in [1.165, 1.54) is 13.8 Å². The van der Waals surface area contributed by atoms with Crippen LogP contribution in [0.1, 0.15) is 86.1 Å². The molecule has 0 saturated heterocycles. The Morgan fingerprint density at radius 2 is 1.32 bits per heavy atom. The quantitative estimate of drug-likeness (QED) is 0.166. The minimum Gasteiger partial charge on any atom is -0.380 e. The summed E-state index contributed by atoms with van der Waals surface area (Å²) in [6.45, 7) is 14.3. The predicted molar refractivity (Wildman–Crippen MR) is 149 cm³/mol. The van der Waals surface area contributed by atoms with Crippen LogP contribution in [0.15, 0.2) is 24.8 Å². The maximum Gasteiger partial charge on any atom is 0.219 e. The molecule has 8 heteroatoms. The molecule has 8 nitrogen and oxygen atoms in total. The number of rotatable bonds is 21. The Kier molecular flexibility index (Phi) is 16.3. The second kappa shape index (κ2) is 18.6. The van der Waals surface area contributed by atoms with E-state index in [1.54, 1.807) is 37.1 Å². The summed E-state index contributed by atoms with van der Waals surface area (Å²) < 4.78 is 16.6. The molecule has 1 aromatic rings. The number of unbranched alkanes of at least 4 members (excludes halogenated alkanes) is 1. The number of ether oxygens (including phenoxy) is 3. The molecule has 0 fully saturated rings. The minimum atomic E-state index is -0.172. The topological polar surface area (TPSA) is 99.2 Å². The lowest BCUT2D eigenvalue weighted by Gasteiger charge is -2.14. The van der Waals surface area contributed by atoms with Crippen molar-refractivity contribution >= 4 is 28.8 Å². The second-order valence-corrected chi connectivity index (χ2v) is 9.69. The Hall–Kier alpha value is -2.68. The molecule has 0 bridgehead atoms. The molecule has 1 atom stereocenters. The molecule has 0 aliphatic rings. The van der Waals surface area contributed by atoms with E-state index in [-0.39, 0.29) is 29.2 Å². The zero-order chi connectivity index (χ0) is 28.5. The van der Waals surface area contributed by atoms with Crippen LogP contribution in [0, 0.1) is 5.92 Å². The highest BCUT2D eigenvalue weighted by Gasteiger charge is 2.15. The normalized spacial score (nSPS) is 11.7. The van der Waals surface area contributed by atoms with E-state index in [0.29, 0.717) is 76.6 Å². The summed E-state index contributed by atoms with van der Waals surface area (Å²) in [5.41, 5.74) is 2.39. The maximum atomic E-state index is 12.8. The standard InChI is InChI=1S/C30H45NO7/c1-22(24(3)32)18-23(2)27-19-28(25(4)33)21-29(20-27)30(35)10-9-14-38-17-16-37-13-8-7-12-36-15-11-31(6)26(5)34/h19-22H,2,7-18H2,1,3-6H3. The summed E-state index contributed by atoms with van der Waals surface area (Å²) in [6.07, 6.45) is 3.13. The van der Waals surface area contributed by atoms with Crippen molar-refractivity contribution in [2.75, 3.05) is 53.2 Å². The van der Waals surface area contributed by atoms with Crippen molar-refractivity contribution in [1.82, 2.24) is 4.90 Å². The van der Waals surface area contributed by atoms with Gasteiger partial charge in [0.15, 0.2) is 11.6 Å². The minimum absolute atomic E-state index is 0.0313. The van der Waals surface area contributed by atoms with Gasteiger partial charge in [-0.2, -0.15) is 0 Å². The van der Waals surface area contributed by atoms with Crippen molar-refractivity contribution in [3.63, 3.8) is 0 Å². The number of carbonyl (C=O) groups is 4. The Bertz CT molecular complexity index is 941. The lowest BCUT2D eigenvalue weighted by Crippen LogP contribution is -2.27. The zero-order valence-electron chi connectivity index (χ0n) is 23.8. The molecule has 0 radical (unpaired) electrons. The number of benzene rings is 1. The van der Waals surface area contributed by atoms with Crippen molar-refractivity contribution < 1.29 is 33.4 Å². The fraction of sp³-hybridized carbons (Fsp3) is 0.600. The van der Waals surface area contributed by atoms with Crippen LogP contribution >= 0.6 is 0 Å². The van der Waals surface area contributed by atoms with E-state index in [0.717, 1.165) is 24.0 Å². The van der Waals surface area contributed by atoms with Gasteiger partial charge >= 0.3 is 0 Å². The molecule has 0 N–H and O–H groups in total. The molecule has 0 aliphatic heterocycles. The van der Waals surface area contributed by atoms with Crippen LogP contribution in [0.4, 0.5) is 0 Å². The van der Waals surface area contributed by atoms with Gasteiger partial charge in [0, 0.05) is 63.8 Å². The van der Waals surface area contributed by atoms with Gasteiger partial charge in [-0.05, 0) is 68.9 Å². The molecule has 0 spiro atoms. The van der Waals surface area contributed by atoms with Gasteiger partial charge in [-0.1, -0.05) is 13.5 Å². The van der Waals surface area contributed by atoms with Crippen LogP contribution < -0.4 is 0 Å². The molecule has 0 aromatic heterocycles. The molecule has 1 unspecified atom stereocenters. The number of carbonyl (C=O) groups excluding carboxylic acids is 4. The van der Waals surface area contributed by atoms with E-state index >= 15 is 0 Å². The molecule has 1 amide bonds. The Balaban J connectivity index is 2.26. The van der Waals surface area contributed by atoms with E-state index in [4.69, 9.17) is 14.2 Å². The van der Waals surface area contributed by atoms with Gasteiger partial charge in [0.25, 0.3) is 0 Å². The lowest BCUT2D eigenvalue weighted by molar-refractivity contribution is -0.128. The van der Waals surface area contributed by atoms with Gasteiger partial charge in [0.05, 0.1) is 19.8 Å². The van der Waals surface area contributed by atoms with E-state index < -0.39 is 0 Å². The number of Topliss-reactive ketones (excluding diaryl/α,β-unsaturated/α-hetero) is 3. The first-order chi connectivity index (χ1) is 18.0. The highest BCUT2D eigenvalue weighted by molar-refractivity contribution is 6.01. The van der Waals surface area contributed by atoms with Crippen LogP contribution in [0.25, 0.3) is 5.57 Å². The van der Waals surface area contributed by atoms with Crippen molar-refractivity contribution in [3.8, 4) is 0 Å². The highest BCUT2D eigenvalue weighted by Crippen LogP contribution is 2.25. The first-order valence-electron chi connectivity index (χ1n) is 13.4. The summed E-state index contributed by atoms with van der Waals surface area (Å²) in [6, 6.07) is 5.12. The monoisotopic (exact) mass is 531 g/mol. The number of hydrogen-bond acceptors (Lipinski definition) is 7. The second-order valence-electron chi connectivity index (χ2n) is 9.69. The number of ketones is 3. The Labute approximate surface area is 227 Å². The van der Waals surface area contributed by atoms with Gasteiger partial charge in [-0.3, -0.25) is 19.2 Å². The van der Waals surface area contributed by atoms with Crippen LogP contribution in [-0.2, 0) is 23.8 Å². The number of likely N-dealkylation sites (N-methyl/N-ethyl adjacent to an activating group) is 1. The smallest absolute Gasteiger partial charge is 0.219 e. The fourth-order valence-corrected chi connectivity index (χ4v) is 3.50. The average Bonchev–Trinajstić information content (AvgIpc) is 2.87. The third-order valence-corrected chi connectivity index (χ3v) is 6.32. The lowest BCUT2D eigenvalue weighted by atomic mass is 9.90. The van der Waals surface area contributed by atoms with Gasteiger partial charge in [-0.15, -0.1) is 0 Å². The van der Waals surface area contributed by atoms with Gasteiger partial charge in [0.2, 0.25) is 5.91 Å². The molecular formula is C30H45NO7. The van der Waals surface area contributed by atoms with Gasteiger partial charge < -0.3 is 19.1 Å². The maximum absolute atomic E-state index is 12.8. The van der Waals surface area contributed by atoms with Crippen LogP contribution in [-0.4, -0.2) is 81.4 Å². The van der Waals surface area contributed by atoms with Crippen molar-refractivity contribution in [3.05, 3.63) is 41.5 Å². The van der Waals surface area contributed by atoms with Crippen molar-refractivity contribution in [1.29, 1.82) is 0 Å². The molecular weight excluding hydrogens is 486 g/mol. The molecule has 1 rings (SSSR count). The van der Waals surface area contributed by atoms with E-state index in [9.17, 15) is 19.2 Å². The Morgan fingerprint density at radius 1 is 0.789 bits per heavy atom. The predicted octanol–water partition coefficient (Wildman–Crippen LogP) is 4.79. The SMILES string of the molecule is C=C(CC(C)C(C)=O)c1cc(C(C)=O)cc(C(=O)CCCOCCOCCCCOCCN(C)C(C)=O)c1. The summed E-state index contributed by atoms with van der Waals surface area (Å²) in [7, 11) is 1.75. The van der Waals surface area contributed by atoms with Crippen LogP contribution in [0.5, 0.6) is 0 Å². The van der Waals surface area contributed by atoms with E-state index in [2.05, 4.69) is 6.58 Å². The molecule has 0 aliphatic carbocycles. The fourth-order valence-electron chi connectivity index (χ4n) is 3.50. The average molecular weight is 532 g/mol. The third-order valence-electron chi connectivity index (χ3n) is 6.32.